The monoisotopic (exact) mass is 340 g/mol. The molecule has 3 amide bonds. The van der Waals surface area contributed by atoms with Crippen LogP contribution in [0.3, 0.4) is 0 Å². The van der Waals surface area contributed by atoms with Crippen molar-refractivity contribution in [2.45, 2.75) is 13.3 Å². The smallest absolute Gasteiger partial charge is 0.413 e. The Balaban J connectivity index is 1.56. The highest BCUT2D eigenvalue weighted by Gasteiger charge is 2.59. The fourth-order valence-electron chi connectivity index (χ4n) is 4.31. The lowest BCUT2D eigenvalue weighted by molar-refractivity contribution is -0.123. The van der Waals surface area contributed by atoms with E-state index in [0.717, 1.165) is 6.42 Å². The zero-order valence-corrected chi connectivity index (χ0v) is 14.2. The molecule has 0 aromatic heterocycles. The van der Waals surface area contributed by atoms with Crippen molar-refractivity contribution in [3.8, 4) is 0 Å². The normalized spacial score (nSPS) is 29.3. The van der Waals surface area contributed by atoms with Gasteiger partial charge in [0.1, 0.15) is 0 Å². The highest BCUT2D eigenvalue weighted by atomic mass is 16.6. The first kappa shape index (κ1) is 15.9. The summed E-state index contributed by atoms with van der Waals surface area (Å²) in [4.78, 5) is 40.1. The number of imide groups is 1. The molecular formula is C19H20N2O4. The first-order chi connectivity index (χ1) is 12.0. The molecule has 1 aromatic carbocycles. The number of ether oxygens (including phenoxy) is 1. The van der Waals surface area contributed by atoms with Crippen molar-refractivity contribution in [1.29, 1.82) is 0 Å². The summed E-state index contributed by atoms with van der Waals surface area (Å²) in [5, 5.41) is 0. The largest absolute Gasteiger partial charge is 0.449 e. The van der Waals surface area contributed by atoms with Gasteiger partial charge in [0.2, 0.25) is 11.8 Å². The van der Waals surface area contributed by atoms with Crippen LogP contribution >= 0.6 is 0 Å². The van der Waals surface area contributed by atoms with Gasteiger partial charge in [-0.1, -0.05) is 12.2 Å². The van der Waals surface area contributed by atoms with Gasteiger partial charge in [-0.05, 0) is 49.4 Å². The number of nitrogens with zero attached hydrogens (tertiary/aromatic N) is 2. The van der Waals surface area contributed by atoms with E-state index in [1.54, 1.807) is 38.2 Å². The molecule has 6 nitrogen and oxygen atoms in total. The standard InChI is InChI=1S/C19H20N2O4/c1-3-25-19(24)20(2)13-6-8-14(9-7-13)21-17(22)15-11-4-5-12(10-11)16(15)18(21)23/h4-9,11-12,15-16H,3,10H2,1-2H3/t11-,12-,15-,16+/m0/s1. The Kier molecular flexibility index (Phi) is 3.63. The number of allylic oxidation sites excluding steroid dienone is 2. The van der Waals surface area contributed by atoms with Gasteiger partial charge in [0.05, 0.1) is 24.1 Å². The fraction of sp³-hybridized carbons (Fsp3) is 0.421. The van der Waals surface area contributed by atoms with Crippen LogP contribution in [0, 0.1) is 23.7 Å². The van der Waals surface area contributed by atoms with E-state index in [9.17, 15) is 14.4 Å². The number of benzene rings is 1. The van der Waals surface area contributed by atoms with Crippen molar-refractivity contribution in [3.63, 3.8) is 0 Å². The molecule has 25 heavy (non-hydrogen) atoms. The first-order valence-electron chi connectivity index (χ1n) is 8.59. The number of carbonyl (C=O) groups excluding carboxylic acids is 3. The minimum absolute atomic E-state index is 0.0988. The molecule has 3 aliphatic rings. The summed E-state index contributed by atoms with van der Waals surface area (Å²) in [6.07, 6.45) is 4.64. The third-order valence-corrected chi connectivity index (χ3v) is 5.51. The van der Waals surface area contributed by atoms with E-state index in [1.807, 2.05) is 0 Å². The van der Waals surface area contributed by atoms with Gasteiger partial charge in [-0.3, -0.25) is 19.4 Å². The Bertz CT molecular complexity index is 740. The molecule has 1 aromatic rings. The molecule has 0 radical (unpaired) electrons. The average molecular weight is 340 g/mol. The van der Waals surface area contributed by atoms with Gasteiger partial charge in [0.15, 0.2) is 0 Å². The molecule has 130 valence electrons. The van der Waals surface area contributed by atoms with Crippen molar-refractivity contribution >= 4 is 29.3 Å². The second kappa shape index (κ2) is 5.72. The minimum Gasteiger partial charge on any atom is -0.449 e. The molecule has 4 atom stereocenters. The first-order valence-corrected chi connectivity index (χ1v) is 8.59. The summed E-state index contributed by atoms with van der Waals surface area (Å²) in [7, 11) is 1.62. The zero-order chi connectivity index (χ0) is 17.7. The van der Waals surface area contributed by atoms with Crippen LogP contribution in [-0.2, 0) is 14.3 Å². The second-order valence-electron chi connectivity index (χ2n) is 6.79. The molecule has 6 heteroatoms. The number of amides is 3. The quantitative estimate of drug-likeness (QED) is 0.626. The summed E-state index contributed by atoms with van der Waals surface area (Å²) in [5.74, 6) is -0.207. The van der Waals surface area contributed by atoms with Gasteiger partial charge in [-0.15, -0.1) is 0 Å². The van der Waals surface area contributed by atoms with Crippen LogP contribution in [0.25, 0.3) is 0 Å². The van der Waals surface area contributed by atoms with Crippen molar-refractivity contribution < 1.29 is 19.1 Å². The number of carbonyl (C=O) groups is 3. The second-order valence-corrected chi connectivity index (χ2v) is 6.79. The highest BCUT2D eigenvalue weighted by Crippen LogP contribution is 2.53. The lowest BCUT2D eigenvalue weighted by Crippen LogP contribution is -2.33. The van der Waals surface area contributed by atoms with Crippen molar-refractivity contribution in [3.05, 3.63) is 36.4 Å². The summed E-state index contributed by atoms with van der Waals surface area (Å²) in [5.41, 5.74) is 1.20. The summed E-state index contributed by atoms with van der Waals surface area (Å²) < 4.78 is 4.96. The van der Waals surface area contributed by atoms with Gasteiger partial charge in [-0.25, -0.2) is 4.79 Å². The lowest BCUT2D eigenvalue weighted by atomic mass is 9.85. The predicted molar refractivity (Wildman–Crippen MR) is 92.1 cm³/mol. The minimum atomic E-state index is -0.444. The Morgan fingerprint density at radius 2 is 1.68 bits per heavy atom. The Morgan fingerprint density at radius 3 is 2.20 bits per heavy atom. The van der Waals surface area contributed by atoms with Gasteiger partial charge in [0.25, 0.3) is 0 Å². The van der Waals surface area contributed by atoms with Crippen molar-refractivity contribution in [2.24, 2.45) is 23.7 Å². The van der Waals surface area contributed by atoms with Crippen LogP contribution in [0.15, 0.2) is 36.4 Å². The molecule has 4 rings (SSSR count). The summed E-state index contributed by atoms with van der Waals surface area (Å²) >= 11 is 0. The molecular weight excluding hydrogens is 320 g/mol. The number of hydrogen-bond donors (Lipinski definition) is 0. The van der Waals surface area contributed by atoms with Crippen LogP contribution < -0.4 is 9.80 Å². The van der Waals surface area contributed by atoms with E-state index >= 15 is 0 Å². The summed E-state index contributed by atoms with van der Waals surface area (Å²) in [6.45, 7) is 2.05. The molecule has 1 saturated carbocycles. The van der Waals surface area contributed by atoms with E-state index in [4.69, 9.17) is 4.74 Å². The third kappa shape index (κ3) is 2.27. The SMILES string of the molecule is CCOC(=O)N(C)c1ccc(N2C(=O)[C@@H]3[C@H](C2=O)[C@H]2C=C[C@H]3C2)cc1. The molecule has 2 fully saturated rings. The van der Waals surface area contributed by atoms with E-state index < -0.39 is 6.09 Å². The van der Waals surface area contributed by atoms with Crippen LogP contribution in [0.5, 0.6) is 0 Å². The van der Waals surface area contributed by atoms with Crippen LogP contribution in [0.4, 0.5) is 16.2 Å². The fourth-order valence-corrected chi connectivity index (χ4v) is 4.31. The molecule has 0 unspecified atom stereocenters. The third-order valence-electron chi connectivity index (χ3n) is 5.51. The van der Waals surface area contributed by atoms with Crippen molar-refractivity contribution in [1.82, 2.24) is 0 Å². The molecule has 2 aliphatic carbocycles. The highest BCUT2D eigenvalue weighted by molar-refractivity contribution is 6.22. The van der Waals surface area contributed by atoms with Crippen LogP contribution in [-0.4, -0.2) is 31.6 Å². The Morgan fingerprint density at radius 1 is 1.12 bits per heavy atom. The molecule has 1 saturated heterocycles. The Labute approximate surface area is 146 Å². The van der Waals surface area contributed by atoms with Crippen LogP contribution in [0.2, 0.25) is 0 Å². The maximum Gasteiger partial charge on any atom is 0.413 e. The molecule has 0 spiro atoms. The van der Waals surface area contributed by atoms with Gasteiger partial charge in [0, 0.05) is 12.7 Å². The maximum atomic E-state index is 12.8. The number of hydrogen-bond acceptors (Lipinski definition) is 4. The molecule has 0 N–H and O–H groups in total. The molecule has 1 heterocycles. The topological polar surface area (TPSA) is 66.9 Å². The zero-order valence-electron chi connectivity index (χ0n) is 14.2. The van der Waals surface area contributed by atoms with E-state index in [-0.39, 0.29) is 35.5 Å². The summed E-state index contributed by atoms with van der Waals surface area (Å²) in [6, 6.07) is 6.84. The van der Waals surface area contributed by atoms with E-state index in [2.05, 4.69) is 12.2 Å². The average Bonchev–Trinajstić information content (AvgIpc) is 3.29. The van der Waals surface area contributed by atoms with Gasteiger partial charge in [-0.2, -0.15) is 0 Å². The number of fused-ring (bicyclic) bond motifs is 5. The van der Waals surface area contributed by atoms with E-state index in [1.165, 1.54) is 9.80 Å². The molecule has 2 bridgehead atoms. The Hall–Kier alpha value is -2.63. The molecule has 1 aliphatic heterocycles. The van der Waals surface area contributed by atoms with E-state index in [0.29, 0.717) is 18.0 Å². The van der Waals surface area contributed by atoms with Gasteiger partial charge < -0.3 is 4.74 Å². The maximum absolute atomic E-state index is 12.8. The predicted octanol–water partition coefficient (Wildman–Crippen LogP) is 2.59. The van der Waals surface area contributed by atoms with Crippen LogP contribution in [0.1, 0.15) is 13.3 Å². The lowest BCUT2D eigenvalue weighted by Gasteiger charge is -2.20. The number of anilines is 2. The van der Waals surface area contributed by atoms with Crippen molar-refractivity contribution in [2.75, 3.05) is 23.5 Å². The van der Waals surface area contributed by atoms with Gasteiger partial charge >= 0.3 is 6.09 Å². The number of rotatable bonds is 3.